The molecule has 3 heterocycles. The molecule has 1 aromatic rings. The second-order valence-electron chi connectivity index (χ2n) is 5.52. The molecule has 8 nitrogen and oxygen atoms in total. The van der Waals surface area contributed by atoms with Crippen LogP contribution in [-0.2, 0) is 9.63 Å². The molecule has 4 N–H and O–H groups in total. The highest BCUT2D eigenvalue weighted by Gasteiger charge is 2.32. The number of rotatable bonds is 5. The number of fused-ring (bicyclic) bond motifs is 2. The summed E-state index contributed by atoms with van der Waals surface area (Å²) in [7, 11) is 0. The van der Waals surface area contributed by atoms with Gasteiger partial charge in [-0.2, -0.15) is 0 Å². The number of aliphatic hydroxyl groups excluding tert-OH is 1. The lowest BCUT2D eigenvalue weighted by Gasteiger charge is -2.40. The molecule has 2 aliphatic heterocycles. The largest absolute Gasteiger partial charge is 0.394 e. The number of carbonyl (C=O) groups excluding carboxylic acids is 2. The van der Waals surface area contributed by atoms with Crippen molar-refractivity contribution < 1.29 is 19.5 Å². The van der Waals surface area contributed by atoms with Crippen molar-refractivity contribution in [2.75, 3.05) is 11.7 Å². The van der Waals surface area contributed by atoms with Crippen molar-refractivity contribution in [1.29, 1.82) is 0 Å². The molecule has 3 atom stereocenters. The number of nitrogens with zero attached hydrogens (tertiary/aromatic N) is 2. The molecular weight excluding hydrogens is 300 g/mol. The van der Waals surface area contributed by atoms with E-state index < -0.39 is 24.5 Å². The summed E-state index contributed by atoms with van der Waals surface area (Å²) in [5.74, 6) is -0.702. The van der Waals surface area contributed by atoms with E-state index in [2.05, 4.69) is 16.4 Å². The molecule has 0 saturated carbocycles. The number of anilines is 1. The molecule has 1 saturated heterocycles. The van der Waals surface area contributed by atoms with Gasteiger partial charge in [0, 0.05) is 6.20 Å². The fourth-order valence-electron chi connectivity index (χ4n) is 2.61. The number of amides is 2. The first-order valence-corrected chi connectivity index (χ1v) is 7.40. The van der Waals surface area contributed by atoms with Gasteiger partial charge in [-0.05, 0) is 25.0 Å². The van der Waals surface area contributed by atoms with E-state index in [1.165, 1.54) is 6.20 Å². The van der Waals surface area contributed by atoms with Gasteiger partial charge in [-0.25, -0.2) is 10.0 Å². The average Bonchev–Trinajstić information content (AvgIpc) is 2.60. The van der Waals surface area contributed by atoms with E-state index in [0.717, 1.165) is 12.8 Å². The molecule has 1 aromatic heterocycles. The lowest BCUT2D eigenvalue weighted by molar-refractivity contribution is -0.120. The molecule has 3 aliphatic rings. The normalized spacial score (nSPS) is 23.6. The Bertz CT molecular complexity index is 631. The molecule has 1 fully saturated rings. The van der Waals surface area contributed by atoms with Gasteiger partial charge in [0.05, 0.1) is 18.2 Å². The summed E-state index contributed by atoms with van der Waals surface area (Å²) in [5, 5.41) is 13.1. The van der Waals surface area contributed by atoms with Gasteiger partial charge in [-0.3, -0.25) is 14.4 Å². The van der Waals surface area contributed by atoms with Crippen molar-refractivity contribution in [2.45, 2.75) is 31.0 Å². The third-order valence-corrected chi connectivity index (χ3v) is 3.91. The summed E-state index contributed by atoms with van der Waals surface area (Å²) in [6.45, 7) is -0.552. The molecule has 23 heavy (non-hydrogen) atoms. The van der Waals surface area contributed by atoms with Crippen LogP contribution in [0, 0.1) is 0 Å². The van der Waals surface area contributed by atoms with Gasteiger partial charge in [0.25, 0.3) is 5.91 Å². The maximum atomic E-state index is 12.0. The van der Waals surface area contributed by atoms with Crippen molar-refractivity contribution in [2.24, 2.45) is 5.73 Å². The zero-order valence-corrected chi connectivity index (χ0v) is 12.4. The Morgan fingerprint density at radius 1 is 1.43 bits per heavy atom. The van der Waals surface area contributed by atoms with Crippen LogP contribution in [0.5, 0.6) is 0 Å². The number of hydrogen-bond donors (Lipinski definition) is 3. The number of aromatic nitrogens is 1. The number of hydroxylamine groups is 1. The molecule has 0 radical (unpaired) electrons. The van der Waals surface area contributed by atoms with Crippen molar-refractivity contribution in [3.63, 3.8) is 0 Å². The smallest absolute Gasteiger partial charge is 0.253 e. The van der Waals surface area contributed by atoms with Gasteiger partial charge < -0.3 is 16.2 Å². The Labute approximate surface area is 132 Å². The van der Waals surface area contributed by atoms with Crippen LogP contribution in [-0.4, -0.2) is 46.7 Å². The first kappa shape index (κ1) is 15.4. The van der Waals surface area contributed by atoms with Crippen LogP contribution in [0.4, 0.5) is 5.82 Å². The zero-order chi connectivity index (χ0) is 16.4. The first-order chi connectivity index (χ1) is 11.1. The number of nitrogens with one attached hydrogen (secondary N) is 1. The van der Waals surface area contributed by atoms with Gasteiger partial charge in [-0.15, -0.1) is 0 Å². The van der Waals surface area contributed by atoms with Crippen molar-refractivity contribution in [3.05, 3.63) is 36.0 Å². The molecule has 122 valence electrons. The van der Waals surface area contributed by atoms with E-state index in [1.807, 2.05) is 6.08 Å². The van der Waals surface area contributed by atoms with Gasteiger partial charge in [-0.1, -0.05) is 12.2 Å². The summed E-state index contributed by atoms with van der Waals surface area (Å²) in [5.41, 5.74) is 5.34. The average molecular weight is 318 g/mol. The predicted molar refractivity (Wildman–Crippen MR) is 81.3 cm³/mol. The fourth-order valence-corrected chi connectivity index (χ4v) is 2.61. The maximum absolute atomic E-state index is 12.0. The van der Waals surface area contributed by atoms with Gasteiger partial charge in [0.1, 0.15) is 12.1 Å². The van der Waals surface area contributed by atoms with Crippen LogP contribution in [0.1, 0.15) is 23.2 Å². The quantitative estimate of drug-likeness (QED) is 0.630. The number of nitrogens with two attached hydrogens (primary N) is 1. The Hall–Kier alpha value is -2.45. The molecule has 8 heteroatoms. The van der Waals surface area contributed by atoms with Gasteiger partial charge in [0.15, 0.2) is 5.82 Å². The number of pyridine rings is 1. The minimum absolute atomic E-state index is 0.0747. The zero-order valence-electron chi connectivity index (χ0n) is 12.4. The van der Waals surface area contributed by atoms with Crippen LogP contribution in [0.3, 0.4) is 0 Å². The van der Waals surface area contributed by atoms with Crippen LogP contribution < -0.4 is 16.1 Å². The van der Waals surface area contributed by atoms with E-state index in [0.29, 0.717) is 5.82 Å². The lowest BCUT2D eigenvalue weighted by Crippen LogP contribution is -2.47. The summed E-state index contributed by atoms with van der Waals surface area (Å²) in [4.78, 5) is 33.1. The Morgan fingerprint density at radius 3 is 2.74 bits per heavy atom. The molecule has 2 bridgehead atoms. The van der Waals surface area contributed by atoms with Crippen LogP contribution in [0.15, 0.2) is 30.5 Å². The maximum Gasteiger partial charge on any atom is 0.253 e. The van der Waals surface area contributed by atoms with Crippen LogP contribution in [0.25, 0.3) is 0 Å². The summed E-state index contributed by atoms with van der Waals surface area (Å²) < 4.78 is 0. The predicted octanol–water partition coefficient (Wildman–Crippen LogP) is -0.504. The Morgan fingerprint density at radius 2 is 2.26 bits per heavy atom. The highest BCUT2D eigenvalue weighted by atomic mass is 16.7. The van der Waals surface area contributed by atoms with E-state index in [9.17, 15) is 9.59 Å². The standard InChI is InChI=1S/C15H18N4O4/c16-14(21)12(8-20)18-15(22)9-1-6-13(17-7-9)19-10-2-4-11(23-19)5-3-10/h1-2,4,6-7,10-12,20H,3,5,8H2,(H2,16,21)(H,18,22)/t10?,11?,12-/m0/s1. The van der Waals surface area contributed by atoms with Gasteiger partial charge >= 0.3 is 0 Å². The first-order valence-electron chi connectivity index (χ1n) is 7.40. The highest BCUT2D eigenvalue weighted by molar-refractivity contribution is 5.97. The van der Waals surface area contributed by atoms with Crippen LogP contribution >= 0.6 is 0 Å². The van der Waals surface area contributed by atoms with Crippen molar-refractivity contribution >= 4 is 17.6 Å². The van der Waals surface area contributed by atoms with E-state index in [-0.39, 0.29) is 17.7 Å². The molecule has 2 amide bonds. The molecule has 0 aromatic carbocycles. The Kier molecular flexibility index (Phi) is 4.26. The molecule has 2 unspecified atom stereocenters. The number of hydrogen-bond acceptors (Lipinski definition) is 6. The topological polar surface area (TPSA) is 118 Å². The third kappa shape index (κ3) is 3.17. The van der Waals surface area contributed by atoms with Crippen LogP contribution in [0.2, 0.25) is 0 Å². The third-order valence-electron chi connectivity index (χ3n) is 3.91. The fraction of sp³-hybridized carbons (Fsp3) is 0.400. The molecule has 0 spiro atoms. The number of carbonyl (C=O) groups is 2. The SMILES string of the molecule is NC(=O)[C@H](CO)NC(=O)c1ccc(N2OC3C=CC2CC3)nc1. The number of primary amides is 1. The second kappa shape index (κ2) is 6.35. The van der Waals surface area contributed by atoms with Crippen molar-refractivity contribution in [1.82, 2.24) is 10.3 Å². The second-order valence-corrected chi connectivity index (χ2v) is 5.52. The highest BCUT2D eigenvalue weighted by Crippen LogP contribution is 2.30. The number of aliphatic hydroxyl groups is 1. The summed E-state index contributed by atoms with van der Waals surface area (Å²) in [6, 6.07) is 2.30. The Balaban J connectivity index is 1.69. The molecule has 4 rings (SSSR count). The van der Waals surface area contributed by atoms with Crippen molar-refractivity contribution in [3.8, 4) is 0 Å². The van der Waals surface area contributed by atoms with E-state index in [1.54, 1.807) is 17.2 Å². The lowest BCUT2D eigenvalue weighted by atomic mass is 9.98. The minimum Gasteiger partial charge on any atom is -0.394 e. The van der Waals surface area contributed by atoms with Gasteiger partial charge in [0.2, 0.25) is 5.91 Å². The van der Waals surface area contributed by atoms with E-state index >= 15 is 0 Å². The summed E-state index contributed by atoms with van der Waals surface area (Å²) in [6.07, 6.45) is 7.61. The monoisotopic (exact) mass is 318 g/mol. The molecular formula is C15H18N4O4. The molecule has 1 aliphatic carbocycles. The summed E-state index contributed by atoms with van der Waals surface area (Å²) >= 11 is 0. The minimum atomic E-state index is -1.12. The van der Waals surface area contributed by atoms with E-state index in [4.69, 9.17) is 15.7 Å².